The van der Waals surface area contributed by atoms with Crippen molar-refractivity contribution in [2.75, 3.05) is 0 Å². The molecule has 2 nitrogen and oxygen atoms in total. The highest BCUT2D eigenvalue weighted by Gasteiger charge is 2.14. The molecule has 0 spiro atoms. The second kappa shape index (κ2) is 3.37. The molecule has 0 saturated carbocycles. The van der Waals surface area contributed by atoms with Crippen molar-refractivity contribution in [2.45, 2.75) is 12.8 Å². The van der Waals surface area contributed by atoms with Gasteiger partial charge in [-0.1, -0.05) is 28.1 Å². The fourth-order valence-electron chi connectivity index (χ4n) is 0.869. The van der Waals surface area contributed by atoms with Gasteiger partial charge in [0.2, 0.25) is 0 Å². The molecule has 1 aliphatic carbocycles. The van der Waals surface area contributed by atoms with E-state index in [1.165, 1.54) is 0 Å². The Morgan fingerprint density at radius 3 is 2.60 bits per heavy atom. The summed E-state index contributed by atoms with van der Waals surface area (Å²) in [7, 11) is -1.33. The van der Waals surface area contributed by atoms with Crippen LogP contribution in [0.4, 0.5) is 0 Å². The molecule has 0 aromatic heterocycles. The van der Waals surface area contributed by atoms with Gasteiger partial charge in [-0.15, -0.1) is 0 Å². The van der Waals surface area contributed by atoms with Gasteiger partial charge in [-0.3, -0.25) is 0 Å². The average Bonchev–Trinajstić information content (AvgIpc) is 1.88. The van der Waals surface area contributed by atoms with Gasteiger partial charge in [-0.25, -0.2) is 0 Å². The minimum absolute atomic E-state index is 0.582. The van der Waals surface area contributed by atoms with Crippen molar-refractivity contribution in [3.8, 4) is 0 Å². The number of halogens is 1. The number of rotatable bonds is 1. The van der Waals surface area contributed by atoms with E-state index < -0.39 is 7.12 Å². The minimum atomic E-state index is -1.33. The third kappa shape index (κ3) is 1.97. The Balaban J connectivity index is 2.69. The minimum Gasteiger partial charge on any atom is -0.423 e. The predicted octanol–water partition coefficient (Wildman–Crippen LogP) is 0.997. The van der Waals surface area contributed by atoms with E-state index in [1.807, 2.05) is 6.08 Å². The highest BCUT2D eigenvalue weighted by molar-refractivity contribution is 9.11. The molecule has 0 bridgehead atoms. The molecule has 0 aliphatic heterocycles. The molecule has 0 radical (unpaired) electrons. The Morgan fingerprint density at radius 2 is 2.20 bits per heavy atom. The molecule has 1 aliphatic rings. The number of hydrogen-bond acceptors (Lipinski definition) is 2. The van der Waals surface area contributed by atoms with E-state index in [0.29, 0.717) is 5.47 Å². The van der Waals surface area contributed by atoms with Crippen molar-refractivity contribution >= 4 is 23.0 Å². The smallest absolute Gasteiger partial charge is 0.423 e. The molecule has 10 heavy (non-hydrogen) atoms. The van der Waals surface area contributed by atoms with Crippen LogP contribution in [0.3, 0.4) is 0 Å². The zero-order valence-corrected chi connectivity index (χ0v) is 7.00. The van der Waals surface area contributed by atoms with Crippen LogP contribution in [0.25, 0.3) is 0 Å². The average molecular weight is 203 g/mol. The van der Waals surface area contributed by atoms with E-state index in [9.17, 15) is 0 Å². The summed E-state index contributed by atoms with van der Waals surface area (Å²) >= 11 is 3.30. The van der Waals surface area contributed by atoms with Gasteiger partial charge in [0.25, 0.3) is 0 Å². The maximum atomic E-state index is 8.72. The molecule has 0 aromatic carbocycles. The molecule has 0 unspecified atom stereocenters. The summed E-state index contributed by atoms with van der Waals surface area (Å²) in [5.74, 6) is 0. The summed E-state index contributed by atoms with van der Waals surface area (Å²) in [6.45, 7) is 0. The van der Waals surface area contributed by atoms with Crippen LogP contribution in [0.15, 0.2) is 22.1 Å². The molecule has 4 heteroatoms. The lowest BCUT2D eigenvalue weighted by Crippen LogP contribution is -2.15. The summed E-state index contributed by atoms with van der Waals surface area (Å²) in [4.78, 5) is 0. The van der Waals surface area contributed by atoms with Gasteiger partial charge in [0.15, 0.2) is 0 Å². The lowest BCUT2D eigenvalue weighted by Gasteiger charge is -2.07. The molecule has 54 valence electrons. The Morgan fingerprint density at radius 1 is 1.50 bits per heavy atom. The zero-order chi connectivity index (χ0) is 7.56. The molecule has 1 rings (SSSR count). The van der Waals surface area contributed by atoms with Crippen LogP contribution < -0.4 is 0 Å². The maximum absolute atomic E-state index is 8.72. The summed E-state index contributed by atoms with van der Waals surface area (Å²) in [6, 6.07) is 0. The highest BCUT2D eigenvalue weighted by atomic mass is 79.9. The van der Waals surface area contributed by atoms with E-state index in [4.69, 9.17) is 10.0 Å². The van der Waals surface area contributed by atoms with Crippen molar-refractivity contribution in [1.82, 2.24) is 0 Å². The Bertz CT molecular complexity index is 186. The molecule has 0 fully saturated rings. The van der Waals surface area contributed by atoms with Crippen LogP contribution in [0.1, 0.15) is 12.8 Å². The van der Waals surface area contributed by atoms with Crippen LogP contribution in [-0.2, 0) is 0 Å². The van der Waals surface area contributed by atoms with Crippen molar-refractivity contribution < 1.29 is 10.0 Å². The van der Waals surface area contributed by atoms with Crippen molar-refractivity contribution in [1.29, 1.82) is 0 Å². The quantitative estimate of drug-likeness (QED) is 0.623. The third-order valence-electron chi connectivity index (χ3n) is 1.38. The molecular formula is C6H8BBrO2. The first kappa shape index (κ1) is 8.05. The van der Waals surface area contributed by atoms with Crippen LogP contribution in [0.2, 0.25) is 0 Å². The van der Waals surface area contributed by atoms with Crippen LogP contribution in [0, 0.1) is 0 Å². The first-order valence-corrected chi connectivity index (χ1v) is 3.91. The predicted molar refractivity (Wildman–Crippen MR) is 44.5 cm³/mol. The van der Waals surface area contributed by atoms with E-state index >= 15 is 0 Å². The van der Waals surface area contributed by atoms with Crippen LogP contribution in [-0.4, -0.2) is 17.2 Å². The summed E-state index contributed by atoms with van der Waals surface area (Å²) in [5, 5.41) is 17.4. The van der Waals surface area contributed by atoms with Gasteiger partial charge in [-0.05, 0) is 22.8 Å². The van der Waals surface area contributed by atoms with E-state index in [0.717, 1.165) is 17.3 Å². The molecule has 0 saturated heterocycles. The summed E-state index contributed by atoms with van der Waals surface area (Å²) < 4.78 is 1.03. The lowest BCUT2D eigenvalue weighted by molar-refractivity contribution is 0.420. The number of allylic oxidation sites excluding steroid dienone is 4. The van der Waals surface area contributed by atoms with Gasteiger partial charge >= 0.3 is 7.12 Å². The Kier molecular flexibility index (Phi) is 2.71. The molecular weight excluding hydrogens is 195 g/mol. The topological polar surface area (TPSA) is 40.5 Å². The fraction of sp³-hybridized carbons (Fsp3) is 0.333. The summed E-state index contributed by atoms with van der Waals surface area (Å²) in [5.41, 5.74) is 0.582. The number of hydrogen-bond donors (Lipinski definition) is 2. The molecule has 0 aromatic rings. The standard InChI is InChI=1S/C6H8BBrO2/c8-6-3-1-2-5(4-6)7(9)10/h2,4,9-10H,1,3H2. The lowest BCUT2D eigenvalue weighted by atomic mass is 9.77. The molecule has 0 heterocycles. The molecule has 0 amide bonds. The highest BCUT2D eigenvalue weighted by Crippen LogP contribution is 2.21. The summed E-state index contributed by atoms with van der Waals surface area (Å²) in [6.07, 6.45) is 5.41. The normalized spacial score (nSPS) is 17.9. The SMILES string of the molecule is OB(O)C1=CCCC(Br)=C1. The first-order valence-electron chi connectivity index (χ1n) is 3.12. The Labute approximate surface area is 68.5 Å². The monoisotopic (exact) mass is 202 g/mol. The first-order chi connectivity index (χ1) is 4.70. The van der Waals surface area contributed by atoms with Gasteiger partial charge < -0.3 is 10.0 Å². The molecule has 2 N–H and O–H groups in total. The second-order valence-corrected chi connectivity index (χ2v) is 3.23. The second-order valence-electron chi connectivity index (χ2n) is 2.21. The Hall–Kier alpha value is -0.0551. The molecule has 0 atom stereocenters. The van der Waals surface area contributed by atoms with Crippen LogP contribution in [0.5, 0.6) is 0 Å². The maximum Gasteiger partial charge on any atom is 0.488 e. The zero-order valence-electron chi connectivity index (χ0n) is 5.42. The van der Waals surface area contributed by atoms with Gasteiger partial charge in [0.05, 0.1) is 0 Å². The van der Waals surface area contributed by atoms with Gasteiger partial charge in [0, 0.05) is 0 Å². The third-order valence-corrected chi connectivity index (χ3v) is 2.01. The van der Waals surface area contributed by atoms with E-state index in [2.05, 4.69) is 15.9 Å². The van der Waals surface area contributed by atoms with Crippen LogP contribution >= 0.6 is 15.9 Å². The van der Waals surface area contributed by atoms with Gasteiger partial charge in [-0.2, -0.15) is 0 Å². The van der Waals surface area contributed by atoms with E-state index in [-0.39, 0.29) is 0 Å². The fourth-order valence-corrected chi connectivity index (χ4v) is 1.36. The van der Waals surface area contributed by atoms with Gasteiger partial charge in [0.1, 0.15) is 0 Å². The van der Waals surface area contributed by atoms with Crippen molar-refractivity contribution in [2.24, 2.45) is 0 Å². The van der Waals surface area contributed by atoms with E-state index in [1.54, 1.807) is 6.08 Å². The largest absolute Gasteiger partial charge is 0.488 e. The van der Waals surface area contributed by atoms with Crippen molar-refractivity contribution in [3.63, 3.8) is 0 Å². The van der Waals surface area contributed by atoms with Crippen molar-refractivity contribution in [3.05, 3.63) is 22.1 Å².